The lowest BCUT2D eigenvalue weighted by Gasteiger charge is -1.89. The number of furan rings is 1. The number of rotatable bonds is 3. The van der Waals surface area contributed by atoms with Crippen LogP contribution in [0.15, 0.2) is 14.9 Å². The van der Waals surface area contributed by atoms with Gasteiger partial charge in [0, 0.05) is 13.0 Å². The number of hydrogen-bond donors (Lipinski definition) is 1. The minimum Gasteiger partial charge on any atom is -0.466 e. The Bertz CT molecular complexity index is 459. The molecule has 2 rings (SSSR count). The number of aryl methyl sites for hydroxylation is 2. The number of hydrogen-bond acceptors (Lipinski definition) is 5. The highest BCUT2D eigenvalue weighted by atomic mass is 16.4. The van der Waals surface area contributed by atoms with Crippen LogP contribution >= 0.6 is 0 Å². The fourth-order valence-corrected chi connectivity index (χ4v) is 1.43. The smallest absolute Gasteiger partial charge is 0.251 e. The van der Waals surface area contributed by atoms with E-state index >= 15 is 0 Å². The van der Waals surface area contributed by atoms with Crippen molar-refractivity contribution in [3.63, 3.8) is 0 Å². The van der Waals surface area contributed by atoms with Crippen LogP contribution in [0.5, 0.6) is 0 Å². The van der Waals surface area contributed by atoms with Crippen LogP contribution in [0.2, 0.25) is 0 Å². The molecule has 80 valence electrons. The third kappa shape index (κ3) is 1.92. The average Bonchev–Trinajstić information content (AvgIpc) is 2.73. The normalized spacial score (nSPS) is 10.9. The summed E-state index contributed by atoms with van der Waals surface area (Å²) in [5.74, 6) is 2.68. The largest absolute Gasteiger partial charge is 0.466 e. The molecule has 0 aliphatic carbocycles. The molecule has 0 fully saturated rings. The number of nitrogens with two attached hydrogens (primary N) is 1. The lowest BCUT2D eigenvalue weighted by Crippen LogP contribution is -2.02. The van der Waals surface area contributed by atoms with Gasteiger partial charge >= 0.3 is 0 Å². The van der Waals surface area contributed by atoms with Gasteiger partial charge in [0.25, 0.3) is 5.89 Å². The van der Waals surface area contributed by atoms with Crippen molar-refractivity contribution in [2.75, 3.05) is 6.54 Å². The Balaban J connectivity index is 2.32. The molecule has 2 N–H and O–H groups in total. The molecule has 0 spiro atoms. The minimum absolute atomic E-state index is 0.493. The van der Waals surface area contributed by atoms with Crippen LogP contribution in [0.1, 0.15) is 17.4 Å². The fourth-order valence-electron chi connectivity index (χ4n) is 1.43. The molecule has 5 heteroatoms. The SMILES string of the molecule is Cc1cc(-c2nnc(CCN)o2)c(C)o1. The van der Waals surface area contributed by atoms with Gasteiger partial charge in [0.2, 0.25) is 5.89 Å². The second kappa shape index (κ2) is 3.86. The Labute approximate surface area is 87.3 Å². The molecule has 0 bridgehead atoms. The van der Waals surface area contributed by atoms with Crippen molar-refractivity contribution in [2.45, 2.75) is 20.3 Å². The Hall–Kier alpha value is -1.62. The van der Waals surface area contributed by atoms with Crippen molar-refractivity contribution in [3.05, 3.63) is 23.5 Å². The third-order valence-corrected chi connectivity index (χ3v) is 2.10. The molecule has 0 atom stereocenters. The second-order valence-corrected chi connectivity index (χ2v) is 3.37. The first-order valence-electron chi connectivity index (χ1n) is 4.80. The number of aromatic nitrogens is 2. The van der Waals surface area contributed by atoms with E-state index in [0.717, 1.165) is 17.1 Å². The van der Waals surface area contributed by atoms with Gasteiger partial charge in [-0.1, -0.05) is 0 Å². The summed E-state index contributed by atoms with van der Waals surface area (Å²) in [4.78, 5) is 0. The van der Waals surface area contributed by atoms with E-state index in [1.165, 1.54) is 0 Å². The van der Waals surface area contributed by atoms with E-state index in [1.54, 1.807) is 0 Å². The molecule has 15 heavy (non-hydrogen) atoms. The molecular formula is C10H13N3O2. The minimum atomic E-state index is 0.493. The van der Waals surface area contributed by atoms with Crippen molar-refractivity contribution in [1.29, 1.82) is 0 Å². The first-order valence-corrected chi connectivity index (χ1v) is 4.80. The molecular weight excluding hydrogens is 194 g/mol. The quantitative estimate of drug-likeness (QED) is 0.824. The van der Waals surface area contributed by atoms with Crippen LogP contribution in [0, 0.1) is 13.8 Å². The van der Waals surface area contributed by atoms with Crippen molar-refractivity contribution in [3.8, 4) is 11.5 Å². The summed E-state index contributed by atoms with van der Waals surface area (Å²) in [5, 5.41) is 7.84. The summed E-state index contributed by atoms with van der Waals surface area (Å²) >= 11 is 0. The summed E-state index contributed by atoms with van der Waals surface area (Å²) in [5.41, 5.74) is 6.25. The van der Waals surface area contributed by atoms with Crippen LogP contribution in [0.4, 0.5) is 0 Å². The highest BCUT2D eigenvalue weighted by molar-refractivity contribution is 5.55. The molecule has 0 unspecified atom stereocenters. The van der Waals surface area contributed by atoms with Crippen molar-refractivity contribution in [1.82, 2.24) is 10.2 Å². The Morgan fingerprint density at radius 2 is 2.07 bits per heavy atom. The van der Waals surface area contributed by atoms with Gasteiger partial charge in [-0.25, -0.2) is 0 Å². The van der Waals surface area contributed by atoms with Gasteiger partial charge in [0.1, 0.15) is 11.5 Å². The maximum absolute atomic E-state index is 5.44. The summed E-state index contributed by atoms with van der Waals surface area (Å²) < 4.78 is 10.8. The Morgan fingerprint density at radius 3 is 2.67 bits per heavy atom. The van der Waals surface area contributed by atoms with E-state index in [-0.39, 0.29) is 0 Å². The second-order valence-electron chi connectivity index (χ2n) is 3.37. The van der Waals surface area contributed by atoms with Gasteiger partial charge in [0.15, 0.2) is 0 Å². The van der Waals surface area contributed by atoms with Gasteiger partial charge < -0.3 is 14.6 Å². The summed E-state index contributed by atoms with van der Waals surface area (Å²) in [7, 11) is 0. The fraction of sp³-hybridized carbons (Fsp3) is 0.400. The first kappa shape index (κ1) is 9.92. The van der Waals surface area contributed by atoms with Crippen LogP contribution in [0.3, 0.4) is 0 Å². The molecule has 5 nitrogen and oxygen atoms in total. The molecule has 2 heterocycles. The van der Waals surface area contributed by atoms with Gasteiger partial charge in [-0.2, -0.15) is 0 Å². The zero-order valence-electron chi connectivity index (χ0n) is 8.78. The van der Waals surface area contributed by atoms with Crippen LogP contribution < -0.4 is 5.73 Å². The highest BCUT2D eigenvalue weighted by Crippen LogP contribution is 2.25. The topological polar surface area (TPSA) is 78.1 Å². The molecule has 0 amide bonds. The third-order valence-electron chi connectivity index (χ3n) is 2.10. The molecule has 2 aromatic rings. The molecule has 0 saturated heterocycles. The van der Waals surface area contributed by atoms with Crippen LogP contribution in [-0.2, 0) is 6.42 Å². The zero-order valence-corrected chi connectivity index (χ0v) is 8.78. The van der Waals surface area contributed by atoms with Gasteiger partial charge in [-0.3, -0.25) is 0 Å². The van der Waals surface area contributed by atoms with E-state index in [0.29, 0.717) is 24.7 Å². The predicted molar refractivity (Wildman–Crippen MR) is 54.2 cm³/mol. The van der Waals surface area contributed by atoms with E-state index < -0.39 is 0 Å². The lowest BCUT2D eigenvalue weighted by atomic mass is 10.2. The molecule has 0 aliphatic rings. The lowest BCUT2D eigenvalue weighted by molar-refractivity contribution is 0.494. The van der Waals surface area contributed by atoms with E-state index in [9.17, 15) is 0 Å². The van der Waals surface area contributed by atoms with Crippen LogP contribution in [-0.4, -0.2) is 16.7 Å². The van der Waals surface area contributed by atoms with Crippen molar-refractivity contribution >= 4 is 0 Å². The molecule has 0 radical (unpaired) electrons. The van der Waals surface area contributed by atoms with Crippen LogP contribution in [0.25, 0.3) is 11.5 Å². The standard InChI is InChI=1S/C10H13N3O2/c1-6-5-8(7(2)14-6)10-13-12-9(15-10)3-4-11/h5H,3-4,11H2,1-2H3. The van der Waals surface area contributed by atoms with Crippen molar-refractivity contribution < 1.29 is 8.83 Å². The molecule has 0 saturated carbocycles. The first-order chi connectivity index (χ1) is 7.20. The maximum atomic E-state index is 5.44. The van der Waals surface area contributed by atoms with E-state index in [1.807, 2.05) is 19.9 Å². The Kier molecular flexibility index (Phi) is 2.55. The van der Waals surface area contributed by atoms with Gasteiger partial charge in [-0.05, 0) is 19.9 Å². The summed E-state index contributed by atoms with van der Waals surface area (Å²) in [6, 6.07) is 1.88. The average molecular weight is 207 g/mol. The molecule has 0 aliphatic heterocycles. The highest BCUT2D eigenvalue weighted by Gasteiger charge is 2.13. The summed E-state index contributed by atoms with van der Waals surface area (Å²) in [6.07, 6.45) is 0.600. The number of nitrogens with zero attached hydrogens (tertiary/aromatic N) is 2. The van der Waals surface area contributed by atoms with Gasteiger partial charge in [0.05, 0.1) is 5.56 Å². The summed E-state index contributed by atoms with van der Waals surface area (Å²) in [6.45, 7) is 4.26. The molecule has 2 aromatic heterocycles. The zero-order chi connectivity index (χ0) is 10.8. The van der Waals surface area contributed by atoms with E-state index in [2.05, 4.69) is 10.2 Å². The van der Waals surface area contributed by atoms with E-state index in [4.69, 9.17) is 14.6 Å². The maximum Gasteiger partial charge on any atom is 0.251 e. The monoisotopic (exact) mass is 207 g/mol. The van der Waals surface area contributed by atoms with Crippen molar-refractivity contribution in [2.24, 2.45) is 5.73 Å². The Morgan fingerprint density at radius 1 is 1.27 bits per heavy atom. The van der Waals surface area contributed by atoms with Gasteiger partial charge in [-0.15, -0.1) is 10.2 Å². The predicted octanol–water partition coefficient (Wildman–Crippen LogP) is 1.45. The molecule has 0 aromatic carbocycles.